The lowest BCUT2D eigenvalue weighted by Crippen LogP contribution is -2.28. The minimum Gasteiger partial charge on any atom is -0.462 e. The molecule has 2 N–H and O–H groups in total. The maximum absolute atomic E-state index is 12.7. The van der Waals surface area contributed by atoms with Crippen molar-refractivity contribution in [1.82, 2.24) is 5.32 Å². The first-order chi connectivity index (χ1) is 15.2. The van der Waals surface area contributed by atoms with E-state index in [2.05, 4.69) is 48.8 Å². The molecule has 160 valence electrons. The number of carbonyl (C=O) groups excluding carboxylic acids is 1. The number of hydrogen-bond donors (Lipinski definition) is 2. The molecule has 4 rings (SSSR count). The Morgan fingerprint density at radius 2 is 1.90 bits per heavy atom. The normalized spacial score (nSPS) is 16.7. The van der Waals surface area contributed by atoms with Crippen molar-refractivity contribution in [2.24, 2.45) is 0 Å². The van der Waals surface area contributed by atoms with E-state index in [9.17, 15) is 4.79 Å². The molecule has 5 nitrogen and oxygen atoms in total. The minimum atomic E-state index is -0.320. The molecule has 1 heterocycles. The van der Waals surface area contributed by atoms with Gasteiger partial charge in [0.25, 0.3) is 0 Å². The maximum Gasteiger partial charge on any atom is 0.338 e. The minimum absolute atomic E-state index is 0.101. The van der Waals surface area contributed by atoms with Gasteiger partial charge in [0.2, 0.25) is 0 Å². The maximum atomic E-state index is 12.7. The Hall–Kier alpha value is -3.31. The number of ether oxygens (including phenoxy) is 2. The Bertz CT molecular complexity index is 1080. The molecular formula is C26H28N2O3. The van der Waals surface area contributed by atoms with Gasteiger partial charge in [0.1, 0.15) is 11.5 Å². The van der Waals surface area contributed by atoms with Crippen LogP contribution in [0.2, 0.25) is 0 Å². The zero-order valence-electron chi connectivity index (χ0n) is 18.2. The van der Waals surface area contributed by atoms with Crippen LogP contribution in [0.25, 0.3) is 5.57 Å². The highest BCUT2D eigenvalue weighted by molar-refractivity contribution is 6.01. The fourth-order valence-corrected chi connectivity index (χ4v) is 4.02. The van der Waals surface area contributed by atoms with E-state index in [0.717, 1.165) is 52.6 Å². The zero-order valence-corrected chi connectivity index (χ0v) is 18.2. The van der Waals surface area contributed by atoms with Crippen LogP contribution in [-0.4, -0.2) is 31.7 Å². The number of likely N-dealkylation sites (N-methyl/N-ethyl adjacent to an activating group) is 1. The van der Waals surface area contributed by atoms with E-state index >= 15 is 0 Å². The van der Waals surface area contributed by atoms with Gasteiger partial charge < -0.3 is 20.1 Å². The van der Waals surface area contributed by atoms with Gasteiger partial charge in [0, 0.05) is 41.1 Å². The zero-order chi connectivity index (χ0) is 21.8. The first kappa shape index (κ1) is 20.9. The van der Waals surface area contributed by atoms with Crippen molar-refractivity contribution in [2.45, 2.75) is 26.8 Å². The van der Waals surface area contributed by atoms with Crippen molar-refractivity contribution >= 4 is 17.2 Å². The Kier molecular flexibility index (Phi) is 6.23. The number of esters is 1. The topological polar surface area (TPSA) is 59.6 Å². The fourth-order valence-electron chi connectivity index (χ4n) is 4.02. The Labute approximate surface area is 183 Å². The highest BCUT2D eigenvalue weighted by atomic mass is 16.5. The van der Waals surface area contributed by atoms with Crippen LogP contribution in [0.5, 0.6) is 5.75 Å². The summed E-state index contributed by atoms with van der Waals surface area (Å²) >= 11 is 0. The van der Waals surface area contributed by atoms with Gasteiger partial charge in [-0.15, -0.1) is 0 Å². The molecule has 0 bridgehead atoms. The third-order valence-electron chi connectivity index (χ3n) is 5.32. The molecule has 0 amide bonds. The van der Waals surface area contributed by atoms with Gasteiger partial charge in [0.15, 0.2) is 0 Å². The van der Waals surface area contributed by atoms with E-state index in [1.807, 2.05) is 43.3 Å². The van der Waals surface area contributed by atoms with Gasteiger partial charge in [-0.05, 0) is 50.2 Å². The second kappa shape index (κ2) is 9.23. The molecule has 0 radical (unpaired) electrons. The lowest BCUT2D eigenvalue weighted by molar-refractivity contribution is 0.0526. The second-order valence-electron chi connectivity index (χ2n) is 7.37. The second-order valence-corrected chi connectivity index (χ2v) is 7.37. The average Bonchev–Trinajstić information content (AvgIpc) is 2.78. The number of allylic oxidation sites excluding steroid dienone is 1. The summed E-state index contributed by atoms with van der Waals surface area (Å²) < 4.78 is 11.7. The molecule has 1 unspecified atom stereocenters. The Balaban J connectivity index is 1.92. The van der Waals surface area contributed by atoms with Crippen molar-refractivity contribution < 1.29 is 14.3 Å². The lowest BCUT2D eigenvalue weighted by atomic mass is 9.85. The molecule has 5 heteroatoms. The summed E-state index contributed by atoms with van der Waals surface area (Å²) in [7, 11) is 0. The Morgan fingerprint density at radius 1 is 1.06 bits per heavy atom. The molecule has 31 heavy (non-hydrogen) atoms. The molecule has 2 aromatic carbocycles. The quantitative estimate of drug-likeness (QED) is 0.628. The smallest absolute Gasteiger partial charge is 0.338 e. The third kappa shape index (κ3) is 4.14. The molecule has 0 saturated carbocycles. The van der Waals surface area contributed by atoms with Crippen molar-refractivity contribution in [3.8, 4) is 5.75 Å². The first-order valence-electron chi connectivity index (χ1n) is 10.9. The number of fused-ring (bicyclic) bond motifs is 2. The predicted octanol–water partition coefficient (Wildman–Crippen LogP) is 4.92. The van der Waals surface area contributed by atoms with Crippen molar-refractivity contribution in [1.29, 1.82) is 0 Å². The van der Waals surface area contributed by atoms with Crippen LogP contribution in [0.15, 0.2) is 72.0 Å². The molecule has 0 spiro atoms. The summed E-state index contributed by atoms with van der Waals surface area (Å²) in [6.45, 7) is 7.98. The van der Waals surface area contributed by atoms with Crippen LogP contribution in [0, 0.1) is 0 Å². The van der Waals surface area contributed by atoms with E-state index in [4.69, 9.17) is 9.47 Å². The molecule has 0 aromatic heterocycles. The van der Waals surface area contributed by atoms with E-state index in [0.29, 0.717) is 12.2 Å². The van der Waals surface area contributed by atoms with Crippen molar-refractivity contribution in [2.75, 3.05) is 25.0 Å². The molecular weight excluding hydrogens is 388 g/mol. The monoisotopic (exact) mass is 416 g/mol. The van der Waals surface area contributed by atoms with E-state index in [-0.39, 0.29) is 12.0 Å². The van der Waals surface area contributed by atoms with Crippen LogP contribution < -0.4 is 15.4 Å². The number of benzene rings is 2. The Morgan fingerprint density at radius 3 is 2.68 bits per heavy atom. The first-order valence-corrected chi connectivity index (χ1v) is 10.9. The molecule has 0 fully saturated rings. The van der Waals surface area contributed by atoms with E-state index in [1.54, 1.807) is 0 Å². The van der Waals surface area contributed by atoms with Crippen molar-refractivity contribution in [3.05, 3.63) is 88.7 Å². The number of nitrogens with one attached hydrogen (secondary N) is 2. The number of anilines is 1. The van der Waals surface area contributed by atoms with Crippen molar-refractivity contribution in [3.63, 3.8) is 0 Å². The largest absolute Gasteiger partial charge is 0.462 e. The van der Waals surface area contributed by atoms with Crippen LogP contribution >= 0.6 is 0 Å². The summed E-state index contributed by atoms with van der Waals surface area (Å²) in [5.74, 6) is 1.25. The standard InChI is InChI=1S/C26H28N2O3/c1-4-27-17-11-13-21-23(15-17)31-24-16-18(28-5-2)12-14-22(24)25(21)19-9-7-8-10-20(19)26(29)30-6-3/h7-17,27-28H,4-6H2,1-3H3. The highest BCUT2D eigenvalue weighted by Crippen LogP contribution is 2.44. The number of hydrogen-bond acceptors (Lipinski definition) is 5. The molecule has 1 atom stereocenters. The number of rotatable bonds is 7. The predicted molar refractivity (Wildman–Crippen MR) is 124 cm³/mol. The van der Waals surface area contributed by atoms with Gasteiger partial charge in [0.05, 0.1) is 12.2 Å². The summed E-state index contributed by atoms with van der Waals surface area (Å²) in [6.07, 6.45) is 6.30. The SMILES string of the molecule is CCNc1ccc2c(c1)OC1=CC(NCC)C=CC1=C2c1ccccc1C(=O)OCC. The summed E-state index contributed by atoms with van der Waals surface area (Å²) in [5.41, 5.74) is 5.29. The van der Waals surface area contributed by atoms with Crippen LogP contribution in [0.1, 0.15) is 42.3 Å². The van der Waals surface area contributed by atoms with Gasteiger partial charge in [-0.2, -0.15) is 0 Å². The molecule has 0 saturated heterocycles. The summed E-state index contributed by atoms with van der Waals surface area (Å²) in [4.78, 5) is 12.7. The van der Waals surface area contributed by atoms with Crippen LogP contribution in [0.3, 0.4) is 0 Å². The van der Waals surface area contributed by atoms with Crippen LogP contribution in [-0.2, 0) is 4.74 Å². The molecule has 1 aliphatic heterocycles. The summed E-state index contributed by atoms with van der Waals surface area (Å²) in [6, 6.07) is 13.8. The average molecular weight is 417 g/mol. The number of carbonyl (C=O) groups is 1. The van der Waals surface area contributed by atoms with Crippen LogP contribution in [0.4, 0.5) is 5.69 Å². The van der Waals surface area contributed by atoms with Gasteiger partial charge >= 0.3 is 5.97 Å². The van der Waals surface area contributed by atoms with E-state index in [1.165, 1.54) is 0 Å². The molecule has 2 aliphatic rings. The lowest BCUT2D eigenvalue weighted by Gasteiger charge is -2.29. The summed E-state index contributed by atoms with van der Waals surface area (Å²) in [5, 5.41) is 6.77. The molecule has 2 aromatic rings. The highest BCUT2D eigenvalue weighted by Gasteiger charge is 2.29. The van der Waals surface area contributed by atoms with E-state index < -0.39 is 0 Å². The fraction of sp³-hybridized carbons (Fsp3) is 0.269. The van der Waals surface area contributed by atoms with Gasteiger partial charge in [-0.3, -0.25) is 0 Å². The molecule has 1 aliphatic carbocycles. The third-order valence-corrected chi connectivity index (χ3v) is 5.32. The van der Waals surface area contributed by atoms with Gasteiger partial charge in [-0.1, -0.05) is 37.3 Å². The van der Waals surface area contributed by atoms with Gasteiger partial charge in [-0.25, -0.2) is 4.79 Å².